The van der Waals surface area contributed by atoms with E-state index in [0.717, 1.165) is 33.0 Å². The van der Waals surface area contributed by atoms with E-state index in [1.807, 2.05) is 29.8 Å². The second-order valence-corrected chi connectivity index (χ2v) is 8.35. The molecule has 0 bridgehead atoms. The Kier molecular flexibility index (Phi) is 4.52. The molecule has 0 saturated carbocycles. The second kappa shape index (κ2) is 6.73. The number of hydrogen-bond acceptors (Lipinski definition) is 4. The van der Waals surface area contributed by atoms with Crippen LogP contribution in [0.1, 0.15) is 30.5 Å². The van der Waals surface area contributed by atoms with Crippen molar-refractivity contribution in [2.45, 2.75) is 31.5 Å². The number of epoxide rings is 1. The Bertz CT molecular complexity index is 926. The molecule has 1 aromatic heterocycles. The Hall–Kier alpha value is -2.24. The molecule has 1 atom stereocenters. The summed E-state index contributed by atoms with van der Waals surface area (Å²) < 4.78 is 25.7. The number of halogens is 1. The molecule has 140 valence electrons. The summed E-state index contributed by atoms with van der Waals surface area (Å²) in [6, 6.07) is 14.1. The molecule has 3 nitrogen and oxygen atoms in total. The van der Waals surface area contributed by atoms with Crippen molar-refractivity contribution in [3.05, 3.63) is 70.7 Å². The first kappa shape index (κ1) is 18.1. The lowest BCUT2D eigenvalue weighted by Crippen LogP contribution is -2.17. The number of alkyl halides is 1. The van der Waals surface area contributed by atoms with Gasteiger partial charge in [0.15, 0.2) is 0 Å². The number of thiazole rings is 1. The maximum absolute atomic E-state index is 14.1. The van der Waals surface area contributed by atoms with Gasteiger partial charge < -0.3 is 9.47 Å². The molecule has 4 rings (SSSR count). The first-order valence-corrected chi connectivity index (χ1v) is 9.80. The Morgan fingerprint density at radius 2 is 1.96 bits per heavy atom. The lowest BCUT2D eigenvalue weighted by molar-refractivity contribution is 0.217. The number of ether oxygens (including phenoxy) is 2. The summed E-state index contributed by atoms with van der Waals surface area (Å²) in [5, 5.41) is 2.97. The van der Waals surface area contributed by atoms with Crippen molar-refractivity contribution in [1.29, 1.82) is 0 Å². The van der Waals surface area contributed by atoms with Crippen molar-refractivity contribution in [2.75, 3.05) is 13.7 Å². The average Bonchev–Trinajstić information content (AvgIpc) is 3.26. The van der Waals surface area contributed by atoms with E-state index in [2.05, 4.69) is 29.2 Å². The van der Waals surface area contributed by atoms with Crippen LogP contribution >= 0.6 is 11.3 Å². The van der Waals surface area contributed by atoms with E-state index in [4.69, 9.17) is 9.47 Å². The van der Waals surface area contributed by atoms with Crippen LogP contribution in [0.25, 0.3) is 10.6 Å². The fourth-order valence-electron chi connectivity index (χ4n) is 3.46. The summed E-state index contributed by atoms with van der Waals surface area (Å²) in [5.74, 6) is 0.761. The van der Waals surface area contributed by atoms with Crippen LogP contribution in [0.4, 0.5) is 4.39 Å². The highest BCUT2D eigenvalue weighted by Gasteiger charge is 2.50. The van der Waals surface area contributed by atoms with Crippen LogP contribution in [0.3, 0.4) is 0 Å². The molecule has 0 spiro atoms. The van der Waals surface area contributed by atoms with E-state index in [1.165, 1.54) is 0 Å². The Balaban J connectivity index is 1.70. The minimum Gasteiger partial charge on any atom is -0.496 e. The van der Waals surface area contributed by atoms with Crippen molar-refractivity contribution < 1.29 is 13.9 Å². The van der Waals surface area contributed by atoms with Gasteiger partial charge in [-0.15, -0.1) is 11.3 Å². The summed E-state index contributed by atoms with van der Waals surface area (Å²) in [6.45, 7) is 3.78. The lowest BCUT2D eigenvalue weighted by atomic mass is 9.88. The topological polar surface area (TPSA) is 34.6 Å². The summed E-state index contributed by atoms with van der Waals surface area (Å²) in [6.07, 6.45) is 2.16. The van der Waals surface area contributed by atoms with Gasteiger partial charge in [-0.1, -0.05) is 30.3 Å². The zero-order valence-corrected chi connectivity index (χ0v) is 16.5. The Morgan fingerprint density at radius 1 is 1.22 bits per heavy atom. The first-order chi connectivity index (χ1) is 12.9. The smallest absolute Gasteiger partial charge is 0.145 e. The highest BCUT2D eigenvalue weighted by atomic mass is 32.1. The van der Waals surface area contributed by atoms with Crippen LogP contribution in [-0.2, 0) is 16.8 Å². The molecule has 0 aliphatic carbocycles. The van der Waals surface area contributed by atoms with E-state index in [0.29, 0.717) is 13.0 Å². The molecule has 1 aliphatic rings. The minimum atomic E-state index is -1.27. The van der Waals surface area contributed by atoms with Crippen LogP contribution in [0, 0.1) is 0 Å². The SMILES string of the molecule is COc1ccc(CC(C)(C)F)cc1C1(c2ccc(-c3nccs3)cc2)CO1. The monoisotopic (exact) mass is 383 g/mol. The summed E-state index contributed by atoms with van der Waals surface area (Å²) in [4.78, 5) is 4.36. The van der Waals surface area contributed by atoms with Crippen LogP contribution in [-0.4, -0.2) is 24.4 Å². The fraction of sp³-hybridized carbons (Fsp3) is 0.318. The molecule has 2 heterocycles. The van der Waals surface area contributed by atoms with Crippen LogP contribution in [0.2, 0.25) is 0 Å². The molecule has 1 saturated heterocycles. The highest BCUT2D eigenvalue weighted by molar-refractivity contribution is 7.13. The molecule has 1 aliphatic heterocycles. The zero-order valence-electron chi connectivity index (χ0n) is 15.7. The summed E-state index contributed by atoms with van der Waals surface area (Å²) in [5.41, 5.74) is 2.26. The largest absolute Gasteiger partial charge is 0.496 e. The third-order valence-corrected chi connectivity index (χ3v) is 5.61. The molecule has 27 heavy (non-hydrogen) atoms. The molecular weight excluding hydrogens is 361 g/mol. The van der Waals surface area contributed by atoms with Gasteiger partial charge in [0.2, 0.25) is 0 Å². The van der Waals surface area contributed by atoms with Crippen LogP contribution in [0.15, 0.2) is 54.0 Å². The number of benzene rings is 2. The molecule has 2 aromatic carbocycles. The van der Waals surface area contributed by atoms with E-state index in [-0.39, 0.29) is 0 Å². The lowest BCUT2D eigenvalue weighted by Gasteiger charge is -2.20. The van der Waals surface area contributed by atoms with Crippen molar-refractivity contribution in [3.63, 3.8) is 0 Å². The predicted molar refractivity (Wildman–Crippen MR) is 106 cm³/mol. The van der Waals surface area contributed by atoms with Gasteiger partial charge in [0.05, 0.1) is 13.7 Å². The number of hydrogen-bond donors (Lipinski definition) is 0. The molecule has 0 amide bonds. The standard InChI is InChI=1S/C22H22FNO2S/c1-21(2,23)13-15-4-9-19(25-3)18(12-15)22(14-26-22)17-7-5-16(6-8-17)20-24-10-11-27-20/h4-12H,13-14H2,1-3H3. The summed E-state index contributed by atoms with van der Waals surface area (Å²) in [7, 11) is 1.65. The zero-order chi connectivity index (χ0) is 19.1. The maximum atomic E-state index is 14.1. The molecule has 1 fully saturated rings. The van der Waals surface area contributed by atoms with Gasteiger partial charge in [-0.2, -0.15) is 0 Å². The van der Waals surface area contributed by atoms with Crippen molar-refractivity contribution in [1.82, 2.24) is 4.98 Å². The third-order valence-electron chi connectivity index (χ3n) is 4.79. The van der Waals surface area contributed by atoms with Gasteiger partial charge in [0.1, 0.15) is 22.0 Å². The number of nitrogens with zero attached hydrogens (tertiary/aromatic N) is 1. The van der Waals surface area contributed by atoms with Gasteiger partial charge in [0.25, 0.3) is 0 Å². The molecule has 0 radical (unpaired) electrons. The highest BCUT2D eigenvalue weighted by Crippen LogP contribution is 2.49. The molecule has 1 unspecified atom stereocenters. The van der Waals surface area contributed by atoms with E-state index < -0.39 is 11.3 Å². The maximum Gasteiger partial charge on any atom is 0.145 e. The average molecular weight is 383 g/mol. The van der Waals surface area contributed by atoms with Crippen LogP contribution in [0.5, 0.6) is 5.75 Å². The van der Waals surface area contributed by atoms with Gasteiger partial charge in [0, 0.05) is 29.1 Å². The molecular formula is C22H22FNO2S. The van der Waals surface area contributed by atoms with E-state index >= 15 is 0 Å². The van der Waals surface area contributed by atoms with Gasteiger partial charge in [-0.3, -0.25) is 0 Å². The number of methoxy groups -OCH3 is 1. The van der Waals surface area contributed by atoms with Crippen molar-refractivity contribution in [3.8, 4) is 16.3 Å². The van der Waals surface area contributed by atoms with Crippen molar-refractivity contribution in [2.24, 2.45) is 0 Å². The third kappa shape index (κ3) is 3.62. The predicted octanol–water partition coefficient (Wildman–Crippen LogP) is 5.38. The first-order valence-electron chi connectivity index (χ1n) is 8.92. The van der Waals surface area contributed by atoms with E-state index in [1.54, 1.807) is 32.3 Å². The normalized spacial score (nSPS) is 19.1. The molecule has 3 aromatic rings. The van der Waals surface area contributed by atoms with Gasteiger partial charge in [-0.05, 0) is 37.1 Å². The number of aromatic nitrogens is 1. The quantitative estimate of drug-likeness (QED) is 0.536. The van der Waals surface area contributed by atoms with Gasteiger partial charge in [-0.25, -0.2) is 9.37 Å². The Morgan fingerprint density at radius 3 is 2.52 bits per heavy atom. The minimum absolute atomic E-state index is 0.350. The van der Waals surface area contributed by atoms with Crippen molar-refractivity contribution >= 4 is 11.3 Å². The molecule has 0 N–H and O–H groups in total. The second-order valence-electron chi connectivity index (χ2n) is 7.46. The fourth-order valence-corrected chi connectivity index (χ4v) is 4.11. The number of rotatable bonds is 6. The molecule has 5 heteroatoms. The summed E-state index contributed by atoms with van der Waals surface area (Å²) >= 11 is 1.62. The Labute approximate surface area is 162 Å². The van der Waals surface area contributed by atoms with Crippen LogP contribution < -0.4 is 4.74 Å². The van der Waals surface area contributed by atoms with E-state index in [9.17, 15) is 4.39 Å². The van der Waals surface area contributed by atoms with Gasteiger partial charge >= 0.3 is 0 Å².